The van der Waals surface area contributed by atoms with Gasteiger partial charge < -0.3 is 15.5 Å². The Morgan fingerprint density at radius 3 is 2.88 bits per heavy atom. The molecule has 180 valence electrons. The van der Waals surface area contributed by atoms with E-state index >= 15 is 0 Å². The van der Waals surface area contributed by atoms with Gasteiger partial charge in [-0.05, 0) is 37.8 Å². The summed E-state index contributed by atoms with van der Waals surface area (Å²) in [5.74, 6) is 3.34. The van der Waals surface area contributed by atoms with Crippen LogP contribution < -0.4 is 15.5 Å². The lowest BCUT2D eigenvalue weighted by molar-refractivity contribution is -0.118. The predicted octanol–water partition coefficient (Wildman–Crippen LogP) is 3.26. The molecule has 0 aliphatic carbocycles. The van der Waals surface area contributed by atoms with Gasteiger partial charge in [-0.25, -0.2) is 9.67 Å². The lowest BCUT2D eigenvalue weighted by Crippen LogP contribution is -2.47. The van der Waals surface area contributed by atoms with E-state index in [1.165, 1.54) is 5.56 Å². The van der Waals surface area contributed by atoms with Gasteiger partial charge in [0.25, 0.3) is 0 Å². The molecule has 1 unspecified atom stereocenters. The van der Waals surface area contributed by atoms with Crippen LogP contribution in [0.4, 0.5) is 5.69 Å². The van der Waals surface area contributed by atoms with Gasteiger partial charge in [-0.1, -0.05) is 32.0 Å². The molecule has 2 aliphatic rings. The smallest absolute Gasteiger partial charge is 0.227 e. The molecule has 0 saturated carbocycles. The molecule has 2 N–H and O–H groups in total. The van der Waals surface area contributed by atoms with E-state index in [0.29, 0.717) is 18.9 Å². The third-order valence-corrected chi connectivity index (χ3v) is 6.08. The highest BCUT2D eigenvalue weighted by atomic mass is 127. The molecular formula is C24H36IN7O. The standard InChI is InChI=1S/C24H35N7O.HI/c1-4-25-24(27-19-11-12-21-28-23(17(2)3)29-31(21)16-19)26-14-7-10-22(32)30-15-13-18-8-5-6-9-20(18)30;/h5-6,8-9,17,19H,4,7,10-16H2,1-3H3,(H2,25,26,27);1H. The molecule has 1 aromatic carbocycles. The van der Waals surface area contributed by atoms with Crippen LogP contribution in [-0.4, -0.2) is 52.3 Å². The normalized spacial score (nSPS) is 17.4. The van der Waals surface area contributed by atoms with Gasteiger partial charge in [0.05, 0.1) is 6.54 Å². The molecule has 1 aromatic heterocycles. The molecule has 1 amide bonds. The number of hydrogen-bond acceptors (Lipinski definition) is 4. The molecule has 2 aliphatic heterocycles. The molecule has 0 spiro atoms. The maximum atomic E-state index is 12.7. The number of para-hydroxylation sites is 1. The Morgan fingerprint density at radius 2 is 2.09 bits per heavy atom. The van der Waals surface area contributed by atoms with Crippen molar-refractivity contribution in [1.29, 1.82) is 0 Å². The fourth-order valence-corrected chi connectivity index (χ4v) is 4.36. The first-order valence-electron chi connectivity index (χ1n) is 11.9. The molecule has 3 heterocycles. The summed E-state index contributed by atoms with van der Waals surface area (Å²) < 4.78 is 2.03. The van der Waals surface area contributed by atoms with Crippen molar-refractivity contribution in [1.82, 2.24) is 25.4 Å². The first-order chi connectivity index (χ1) is 15.5. The number of aryl methyl sites for hydroxylation is 1. The maximum absolute atomic E-state index is 12.7. The van der Waals surface area contributed by atoms with Gasteiger partial charge in [0, 0.05) is 50.1 Å². The molecule has 0 radical (unpaired) electrons. The van der Waals surface area contributed by atoms with E-state index in [-0.39, 0.29) is 35.9 Å². The van der Waals surface area contributed by atoms with Crippen LogP contribution in [0.1, 0.15) is 63.2 Å². The SMILES string of the molecule is CCNC(=NCCCC(=O)N1CCc2ccccc21)NC1CCc2nc(C(C)C)nn2C1.I. The summed E-state index contributed by atoms with van der Waals surface area (Å²) in [5, 5.41) is 11.5. The van der Waals surface area contributed by atoms with E-state index in [0.717, 1.165) is 68.6 Å². The minimum absolute atomic E-state index is 0. The molecule has 0 fully saturated rings. The number of aliphatic imine (C=N–C) groups is 1. The molecule has 0 bridgehead atoms. The number of carbonyl (C=O) groups excluding carboxylic acids is 1. The Morgan fingerprint density at radius 1 is 1.27 bits per heavy atom. The Labute approximate surface area is 213 Å². The van der Waals surface area contributed by atoms with Crippen molar-refractivity contribution in [3.05, 3.63) is 41.5 Å². The third-order valence-electron chi connectivity index (χ3n) is 6.08. The van der Waals surface area contributed by atoms with E-state index in [1.807, 2.05) is 27.8 Å². The number of halogens is 1. The lowest BCUT2D eigenvalue weighted by Gasteiger charge is -2.25. The van der Waals surface area contributed by atoms with Gasteiger partial charge in [-0.2, -0.15) is 5.10 Å². The fraction of sp³-hybridized carbons (Fsp3) is 0.583. The molecular weight excluding hydrogens is 529 g/mol. The van der Waals surface area contributed by atoms with Crippen molar-refractivity contribution in [3.63, 3.8) is 0 Å². The van der Waals surface area contributed by atoms with Gasteiger partial charge in [-0.15, -0.1) is 24.0 Å². The van der Waals surface area contributed by atoms with Crippen LogP contribution in [0.15, 0.2) is 29.3 Å². The Balaban J connectivity index is 0.00000306. The van der Waals surface area contributed by atoms with E-state index in [2.05, 4.69) is 47.6 Å². The number of aromatic nitrogens is 3. The van der Waals surface area contributed by atoms with Crippen LogP contribution >= 0.6 is 24.0 Å². The monoisotopic (exact) mass is 565 g/mol. The first kappa shape index (κ1) is 25.5. The number of fused-ring (bicyclic) bond motifs is 2. The van der Waals surface area contributed by atoms with Crippen molar-refractivity contribution in [2.24, 2.45) is 4.99 Å². The number of guanidine groups is 1. The number of nitrogens with zero attached hydrogens (tertiary/aromatic N) is 5. The Kier molecular flexibility index (Phi) is 9.10. The van der Waals surface area contributed by atoms with Crippen molar-refractivity contribution >= 4 is 41.5 Å². The summed E-state index contributed by atoms with van der Waals surface area (Å²) in [6.07, 6.45) is 4.13. The van der Waals surface area contributed by atoms with Crippen molar-refractivity contribution in [2.45, 2.75) is 71.4 Å². The summed E-state index contributed by atoms with van der Waals surface area (Å²) in [6, 6.07) is 8.46. The maximum Gasteiger partial charge on any atom is 0.227 e. The zero-order chi connectivity index (χ0) is 22.5. The molecule has 33 heavy (non-hydrogen) atoms. The second-order valence-corrected chi connectivity index (χ2v) is 8.89. The molecule has 1 atom stereocenters. The summed E-state index contributed by atoms with van der Waals surface area (Å²) in [5.41, 5.74) is 2.34. The summed E-state index contributed by atoms with van der Waals surface area (Å²) >= 11 is 0. The molecule has 4 rings (SSSR count). The average Bonchev–Trinajstić information content (AvgIpc) is 3.41. The average molecular weight is 566 g/mol. The van der Waals surface area contributed by atoms with Gasteiger partial charge in [0.1, 0.15) is 5.82 Å². The zero-order valence-corrected chi connectivity index (χ0v) is 22.2. The second kappa shape index (κ2) is 11.8. The van der Waals surface area contributed by atoms with Crippen LogP contribution in [0.5, 0.6) is 0 Å². The van der Waals surface area contributed by atoms with Crippen LogP contribution in [0.2, 0.25) is 0 Å². The highest BCUT2D eigenvalue weighted by Crippen LogP contribution is 2.28. The minimum atomic E-state index is 0. The third kappa shape index (κ3) is 6.24. The van der Waals surface area contributed by atoms with Gasteiger partial charge in [0.15, 0.2) is 11.8 Å². The van der Waals surface area contributed by atoms with Crippen LogP contribution in [0, 0.1) is 0 Å². The quantitative estimate of drug-likeness (QED) is 0.233. The Bertz CT molecular complexity index is 971. The van der Waals surface area contributed by atoms with Crippen LogP contribution in [0.25, 0.3) is 0 Å². The van der Waals surface area contributed by atoms with Crippen molar-refractivity contribution in [3.8, 4) is 0 Å². The van der Waals surface area contributed by atoms with E-state index in [9.17, 15) is 4.79 Å². The summed E-state index contributed by atoms with van der Waals surface area (Å²) in [6.45, 7) is 9.32. The first-order valence-corrected chi connectivity index (χ1v) is 11.9. The number of anilines is 1. The van der Waals surface area contributed by atoms with Gasteiger partial charge in [0.2, 0.25) is 5.91 Å². The minimum Gasteiger partial charge on any atom is -0.357 e. The highest BCUT2D eigenvalue weighted by Gasteiger charge is 2.24. The van der Waals surface area contributed by atoms with E-state index in [1.54, 1.807) is 0 Å². The predicted molar refractivity (Wildman–Crippen MR) is 142 cm³/mol. The highest BCUT2D eigenvalue weighted by molar-refractivity contribution is 14.0. The number of rotatable bonds is 7. The Hall–Kier alpha value is -2.17. The van der Waals surface area contributed by atoms with E-state index in [4.69, 9.17) is 4.99 Å². The number of amides is 1. The molecule has 2 aromatic rings. The topological polar surface area (TPSA) is 87.4 Å². The number of nitrogens with one attached hydrogen (secondary N) is 2. The van der Waals surface area contributed by atoms with Crippen molar-refractivity contribution in [2.75, 3.05) is 24.5 Å². The molecule has 9 heteroatoms. The molecule has 8 nitrogen and oxygen atoms in total. The number of benzene rings is 1. The number of hydrogen-bond donors (Lipinski definition) is 2. The lowest BCUT2D eigenvalue weighted by atomic mass is 10.1. The number of carbonyl (C=O) groups is 1. The summed E-state index contributed by atoms with van der Waals surface area (Å²) in [7, 11) is 0. The van der Waals surface area contributed by atoms with Crippen molar-refractivity contribution < 1.29 is 4.79 Å². The molecule has 0 saturated heterocycles. The zero-order valence-electron chi connectivity index (χ0n) is 19.9. The van der Waals surface area contributed by atoms with E-state index < -0.39 is 0 Å². The van der Waals surface area contributed by atoms with Crippen LogP contribution in [0.3, 0.4) is 0 Å². The second-order valence-electron chi connectivity index (χ2n) is 8.89. The fourth-order valence-electron chi connectivity index (χ4n) is 4.36. The summed E-state index contributed by atoms with van der Waals surface area (Å²) in [4.78, 5) is 24.0. The van der Waals surface area contributed by atoms with Gasteiger partial charge in [-0.3, -0.25) is 9.79 Å². The van der Waals surface area contributed by atoms with Crippen LogP contribution in [-0.2, 0) is 24.2 Å². The van der Waals surface area contributed by atoms with Gasteiger partial charge >= 0.3 is 0 Å². The largest absolute Gasteiger partial charge is 0.357 e.